The second kappa shape index (κ2) is 6.13. The molecule has 0 bridgehead atoms. The van der Waals surface area contributed by atoms with Crippen LogP contribution in [0.2, 0.25) is 0 Å². The van der Waals surface area contributed by atoms with Crippen LogP contribution in [0.5, 0.6) is 0 Å². The van der Waals surface area contributed by atoms with Gasteiger partial charge in [-0.05, 0) is 25.5 Å². The minimum atomic E-state index is 0.801. The lowest BCUT2D eigenvalue weighted by Gasteiger charge is -2.08. The van der Waals surface area contributed by atoms with Crippen LogP contribution in [0.4, 0.5) is 5.82 Å². The molecule has 0 amide bonds. The largest absolute Gasteiger partial charge is 0.369 e. The summed E-state index contributed by atoms with van der Waals surface area (Å²) in [5.41, 5.74) is 2.83. The van der Waals surface area contributed by atoms with Crippen LogP contribution in [-0.4, -0.2) is 26.3 Å². The number of hydrogen-bond acceptors (Lipinski definition) is 4. The molecule has 5 heteroatoms. The Morgan fingerprint density at radius 3 is 2.55 bits per heavy atom. The zero-order valence-corrected chi connectivity index (χ0v) is 13.3. The highest BCUT2D eigenvalue weighted by Crippen LogP contribution is 2.26. The predicted molar refractivity (Wildman–Crippen MR) is 89.6 cm³/mol. The highest BCUT2D eigenvalue weighted by Gasteiger charge is 2.16. The Bertz CT molecular complexity index is 777. The average molecular weight is 295 g/mol. The van der Waals surface area contributed by atoms with E-state index >= 15 is 0 Å². The van der Waals surface area contributed by atoms with E-state index in [4.69, 9.17) is 4.98 Å². The van der Waals surface area contributed by atoms with Gasteiger partial charge in [0, 0.05) is 13.0 Å². The van der Waals surface area contributed by atoms with E-state index < -0.39 is 0 Å². The van der Waals surface area contributed by atoms with Gasteiger partial charge in [0.1, 0.15) is 11.6 Å². The number of benzene rings is 1. The van der Waals surface area contributed by atoms with Crippen molar-refractivity contribution in [2.75, 3.05) is 11.9 Å². The molecule has 0 aliphatic rings. The number of fused-ring (bicyclic) bond motifs is 1. The lowest BCUT2D eigenvalue weighted by atomic mass is 10.2. The summed E-state index contributed by atoms with van der Waals surface area (Å²) in [6.07, 6.45) is 1.86. The fourth-order valence-electron chi connectivity index (χ4n) is 2.51. The molecular formula is C17H21N5. The zero-order valence-electron chi connectivity index (χ0n) is 13.3. The Kier molecular flexibility index (Phi) is 4.04. The third kappa shape index (κ3) is 2.54. The van der Waals surface area contributed by atoms with Crippen LogP contribution in [0.3, 0.4) is 0 Å². The number of nitrogens with zero attached hydrogens (tertiary/aromatic N) is 4. The molecule has 3 aromatic rings. The van der Waals surface area contributed by atoms with Gasteiger partial charge in [0.15, 0.2) is 5.65 Å². The summed E-state index contributed by atoms with van der Waals surface area (Å²) in [6, 6.07) is 10.1. The Balaban J connectivity index is 2.23. The van der Waals surface area contributed by atoms with Gasteiger partial charge in [0.05, 0.1) is 16.8 Å². The van der Waals surface area contributed by atoms with Gasteiger partial charge in [-0.1, -0.05) is 32.0 Å². The van der Waals surface area contributed by atoms with Crippen molar-refractivity contribution in [3.63, 3.8) is 0 Å². The van der Waals surface area contributed by atoms with Gasteiger partial charge < -0.3 is 5.32 Å². The van der Waals surface area contributed by atoms with E-state index in [0.29, 0.717) is 0 Å². The number of rotatable bonds is 5. The summed E-state index contributed by atoms with van der Waals surface area (Å²) >= 11 is 0. The van der Waals surface area contributed by atoms with Crippen molar-refractivity contribution >= 4 is 16.9 Å². The molecule has 0 aliphatic carbocycles. The van der Waals surface area contributed by atoms with Crippen molar-refractivity contribution < 1.29 is 0 Å². The van der Waals surface area contributed by atoms with Crippen molar-refractivity contribution in [3.05, 3.63) is 41.9 Å². The third-order valence-corrected chi connectivity index (χ3v) is 3.61. The molecule has 0 fully saturated rings. The molecule has 0 aliphatic heterocycles. The Labute approximate surface area is 130 Å². The second-order valence-corrected chi connectivity index (χ2v) is 5.30. The maximum absolute atomic E-state index is 4.71. The van der Waals surface area contributed by atoms with Crippen LogP contribution in [0.1, 0.15) is 31.8 Å². The topological polar surface area (TPSA) is 55.6 Å². The summed E-state index contributed by atoms with van der Waals surface area (Å²) in [5.74, 6) is 1.73. The molecule has 114 valence electrons. The molecule has 5 nitrogen and oxygen atoms in total. The van der Waals surface area contributed by atoms with Crippen molar-refractivity contribution in [2.45, 2.75) is 33.6 Å². The van der Waals surface area contributed by atoms with Gasteiger partial charge in [-0.15, -0.1) is 0 Å². The fourth-order valence-corrected chi connectivity index (χ4v) is 2.51. The maximum atomic E-state index is 4.71. The lowest BCUT2D eigenvalue weighted by Crippen LogP contribution is -2.07. The highest BCUT2D eigenvalue weighted by atomic mass is 15.3. The smallest absolute Gasteiger partial charge is 0.168 e. The number of hydrogen-bond donors (Lipinski definition) is 1. The van der Waals surface area contributed by atoms with Gasteiger partial charge in [-0.2, -0.15) is 5.10 Å². The van der Waals surface area contributed by atoms with Crippen LogP contribution in [0.15, 0.2) is 30.3 Å². The molecule has 0 unspecified atom stereocenters. The first-order valence-corrected chi connectivity index (χ1v) is 7.80. The van der Waals surface area contributed by atoms with E-state index in [1.807, 2.05) is 41.9 Å². The van der Waals surface area contributed by atoms with Crippen molar-refractivity contribution in [3.8, 4) is 5.69 Å². The van der Waals surface area contributed by atoms with Gasteiger partial charge in [0.2, 0.25) is 0 Å². The molecule has 0 saturated carbocycles. The molecule has 1 N–H and O–H groups in total. The number of nitrogens with one attached hydrogen (secondary N) is 1. The lowest BCUT2D eigenvalue weighted by molar-refractivity contribution is 0.863. The first-order valence-electron chi connectivity index (χ1n) is 7.80. The van der Waals surface area contributed by atoms with Crippen LogP contribution in [-0.2, 0) is 6.42 Å². The second-order valence-electron chi connectivity index (χ2n) is 5.30. The fraction of sp³-hybridized carbons (Fsp3) is 0.353. The average Bonchev–Trinajstić information content (AvgIpc) is 2.90. The van der Waals surface area contributed by atoms with E-state index in [-0.39, 0.29) is 0 Å². The molecule has 0 saturated heterocycles. The number of aryl methyl sites for hydroxylation is 2. The summed E-state index contributed by atoms with van der Waals surface area (Å²) in [5, 5.41) is 9.10. The van der Waals surface area contributed by atoms with Crippen molar-refractivity contribution in [1.82, 2.24) is 19.7 Å². The first kappa shape index (κ1) is 14.5. The van der Waals surface area contributed by atoms with E-state index in [2.05, 4.69) is 29.2 Å². The highest BCUT2D eigenvalue weighted by molar-refractivity contribution is 5.90. The minimum absolute atomic E-state index is 0.801. The minimum Gasteiger partial charge on any atom is -0.369 e. The Hall–Kier alpha value is -2.43. The molecule has 2 heterocycles. The Morgan fingerprint density at radius 2 is 1.86 bits per heavy atom. The number of aromatic nitrogens is 4. The molecule has 1 aromatic carbocycles. The number of anilines is 1. The van der Waals surface area contributed by atoms with Crippen molar-refractivity contribution in [2.24, 2.45) is 0 Å². The zero-order chi connectivity index (χ0) is 15.5. The summed E-state index contributed by atoms with van der Waals surface area (Å²) < 4.78 is 1.91. The first-order chi connectivity index (χ1) is 10.7. The molecular weight excluding hydrogens is 274 g/mol. The SMILES string of the molecule is CCCNc1nc(CC)nc2c1c(C)nn2-c1ccccc1. The Morgan fingerprint density at radius 1 is 1.09 bits per heavy atom. The standard InChI is InChI=1S/C17H21N5/c1-4-11-18-16-15-12(3)21-22(13-9-7-6-8-10-13)17(15)20-14(5-2)19-16/h6-10H,4-5,11H2,1-3H3,(H,18,19,20). The van der Waals surface area contributed by atoms with E-state index in [9.17, 15) is 0 Å². The monoisotopic (exact) mass is 295 g/mol. The van der Waals surface area contributed by atoms with Gasteiger partial charge in [-0.25, -0.2) is 14.6 Å². The maximum Gasteiger partial charge on any atom is 0.168 e. The van der Waals surface area contributed by atoms with Crippen LogP contribution in [0, 0.1) is 6.92 Å². The summed E-state index contributed by atoms with van der Waals surface area (Å²) in [7, 11) is 0. The quantitative estimate of drug-likeness (QED) is 0.782. The van der Waals surface area contributed by atoms with Crippen molar-refractivity contribution in [1.29, 1.82) is 0 Å². The number of para-hydroxylation sites is 1. The molecule has 0 atom stereocenters. The van der Waals surface area contributed by atoms with E-state index in [0.717, 1.165) is 53.4 Å². The van der Waals surface area contributed by atoms with Gasteiger partial charge in [-0.3, -0.25) is 0 Å². The molecule has 2 aromatic heterocycles. The summed E-state index contributed by atoms with van der Waals surface area (Å²) in [4.78, 5) is 9.36. The predicted octanol–water partition coefficient (Wildman–Crippen LogP) is 3.51. The van der Waals surface area contributed by atoms with E-state index in [1.165, 1.54) is 0 Å². The summed E-state index contributed by atoms with van der Waals surface area (Å²) in [6.45, 7) is 7.12. The molecule has 3 rings (SSSR count). The third-order valence-electron chi connectivity index (χ3n) is 3.61. The van der Waals surface area contributed by atoms with Crippen LogP contribution in [0.25, 0.3) is 16.7 Å². The van der Waals surface area contributed by atoms with Gasteiger partial charge in [0.25, 0.3) is 0 Å². The van der Waals surface area contributed by atoms with Crippen LogP contribution >= 0.6 is 0 Å². The molecule has 0 spiro atoms. The van der Waals surface area contributed by atoms with Crippen LogP contribution < -0.4 is 5.32 Å². The molecule has 0 radical (unpaired) electrons. The normalized spacial score (nSPS) is 11.0. The molecule has 22 heavy (non-hydrogen) atoms. The van der Waals surface area contributed by atoms with Gasteiger partial charge >= 0.3 is 0 Å². The van der Waals surface area contributed by atoms with E-state index in [1.54, 1.807) is 0 Å².